The van der Waals surface area contributed by atoms with Crippen LogP contribution in [-0.2, 0) is 6.18 Å². The summed E-state index contributed by atoms with van der Waals surface area (Å²) in [7, 11) is 0. The van der Waals surface area contributed by atoms with Crippen molar-refractivity contribution in [2.45, 2.75) is 25.9 Å². The fourth-order valence-corrected chi connectivity index (χ4v) is 2.33. The topological polar surface area (TPSA) is 71.1 Å². The Morgan fingerprint density at radius 2 is 1.89 bits per heavy atom. The molecule has 1 aromatic carbocycles. The summed E-state index contributed by atoms with van der Waals surface area (Å²) in [4.78, 5) is 28.2. The molecule has 0 saturated heterocycles. The zero-order valence-corrected chi connectivity index (χ0v) is 15.1. The van der Waals surface area contributed by atoms with Crippen LogP contribution in [0.2, 0.25) is 5.02 Å². The number of alkyl halides is 3. The van der Waals surface area contributed by atoms with Crippen LogP contribution in [0.25, 0.3) is 0 Å². The number of amides is 2. The third kappa shape index (κ3) is 5.68. The van der Waals surface area contributed by atoms with E-state index in [2.05, 4.69) is 15.6 Å². The largest absolute Gasteiger partial charge is 0.416 e. The van der Waals surface area contributed by atoms with Crippen LogP contribution in [-0.4, -0.2) is 23.3 Å². The number of unbranched alkanes of at least 4 members (excludes halogenated alkanes) is 1. The smallest absolute Gasteiger partial charge is 0.352 e. The highest BCUT2D eigenvalue weighted by molar-refractivity contribution is 6.34. The van der Waals surface area contributed by atoms with E-state index in [0.717, 1.165) is 31.0 Å². The maximum atomic E-state index is 12.8. The summed E-state index contributed by atoms with van der Waals surface area (Å²) < 4.78 is 38.4. The summed E-state index contributed by atoms with van der Waals surface area (Å²) >= 11 is 5.86. The minimum atomic E-state index is -4.57. The van der Waals surface area contributed by atoms with Gasteiger partial charge in [-0.2, -0.15) is 13.2 Å². The molecule has 0 atom stereocenters. The van der Waals surface area contributed by atoms with Crippen LogP contribution in [0.15, 0.2) is 36.5 Å². The van der Waals surface area contributed by atoms with Crippen molar-refractivity contribution in [3.05, 3.63) is 58.4 Å². The van der Waals surface area contributed by atoms with Gasteiger partial charge in [-0.3, -0.25) is 14.6 Å². The van der Waals surface area contributed by atoms with Crippen molar-refractivity contribution in [2.75, 3.05) is 11.9 Å². The second-order valence-electron chi connectivity index (χ2n) is 5.69. The molecule has 0 unspecified atom stereocenters. The van der Waals surface area contributed by atoms with Crippen LogP contribution in [0.3, 0.4) is 0 Å². The Morgan fingerprint density at radius 3 is 2.56 bits per heavy atom. The molecule has 0 saturated carbocycles. The predicted molar refractivity (Wildman–Crippen MR) is 95.9 cm³/mol. The quantitative estimate of drug-likeness (QED) is 0.701. The lowest BCUT2D eigenvalue weighted by molar-refractivity contribution is -0.137. The van der Waals surface area contributed by atoms with Crippen LogP contribution >= 0.6 is 11.6 Å². The summed E-state index contributed by atoms with van der Waals surface area (Å²) in [6.45, 7) is 2.49. The third-order valence-electron chi connectivity index (χ3n) is 3.61. The molecule has 9 heteroatoms. The summed E-state index contributed by atoms with van der Waals surface area (Å²) in [5.41, 5.74) is -1.04. The first-order chi connectivity index (χ1) is 12.7. The third-order valence-corrected chi connectivity index (χ3v) is 3.94. The molecule has 1 heterocycles. The molecule has 0 bridgehead atoms. The van der Waals surface area contributed by atoms with Crippen LogP contribution < -0.4 is 10.6 Å². The normalized spacial score (nSPS) is 11.1. The highest BCUT2D eigenvalue weighted by Gasteiger charge is 2.31. The molecular formula is C18H17ClF3N3O2. The van der Waals surface area contributed by atoms with Gasteiger partial charge in [-0.05, 0) is 36.8 Å². The minimum Gasteiger partial charge on any atom is -0.352 e. The molecular weight excluding hydrogens is 383 g/mol. The van der Waals surface area contributed by atoms with Crippen molar-refractivity contribution < 1.29 is 22.8 Å². The second kappa shape index (κ2) is 8.85. The Hall–Kier alpha value is -2.61. The molecule has 2 rings (SSSR count). The van der Waals surface area contributed by atoms with Crippen molar-refractivity contribution >= 4 is 29.1 Å². The van der Waals surface area contributed by atoms with Crippen LogP contribution in [0.5, 0.6) is 0 Å². The SMILES string of the molecule is CCCCNC(=O)c1ccnc(C(=O)Nc2cc(C(F)(F)F)ccc2Cl)c1. The summed E-state index contributed by atoms with van der Waals surface area (Å²) in [6, 6.07) is 5.30. The molecule has 0 radical (unpaired) electrons. The number of carbonyl (C=O) groups excluding carboxylic acids is 2. The number of nitrogens with zero attached hydrogens (tertiary/aromatic N) is 1. The average molecular weight is 400 g/mol. The van der Waals surface area contributed by atoms with Gasteiger partial charge in [0.25, 0.3) is 11.8 Å². The Balaban J connectivity index is 2.17. The lowest BCUT2D eigenvalue weighted by Crippen LogP contribution is -2.25. The molecule has 0 aliphatic carbocycles. The first-order valence-corrected chi connectivity index (χ1v) is 8.52. The maximum absolute atomic E-state index is 12.8. The van der Waals surface area contributed by atoms with Crippen LogP contribution in [0.1, 0.15) is 46.2 Å². The van der Waals surface area contributed by atoms with Crippen molar-refractivity contribution in [1.29, 1.82) is 0 Å². The molecule has 27 heavy (non-hydrogen) atoms. The van der Waals surface area contributed by atoms with E-state index in [4.69, 9.17) is 11.6 Å². The number of rotatable bonds is 6. The van der Waals surface area contributed by atoms with Crippen molar-refractivity contribution in [3.63, 3.8) is 0 Å². The molecule has 2 N–H and O–H groups in total. The molecule has 0 aliphatic heterocycles. The molecule has 0 fully saturated rings. The van der Waals surface area contributed by atoms with Gasteiger partial charge in [-0.1, -0.05) is 24.9 Å². The molecule has 1 aromatic heterocycles. The molecule has 2 amide bonds. The number of hydrogen-bond donors (Lipinski definition) is 2. The van der Waals surface area contributed by atoms with Gasteiger partial charge in [0, 0.05) is 18.3 Å². The van der Waals surface area contributed by atoms with Gasteiger partial charge in [0.1, 0.15) is 5.69 Å². The van der Waals surface area contributed by atoms with E-state index in [1.54, 1.807) is 0 Å². The first kappa shape index (κ1) is 20.7. The monoisotopic (exact) mass is 399 g/mol. The molecule has 5 nitrogen and oxygen atoms in total. The lowest BCUT2D eigenvalue weighted by Gasteiger charge is -2.12. The summed E-state index contributed by atoms with van der Waals surface area (Å²) in [5, 5.41) is 4.95. The predicted octanol–water partition coefficient (Wildman–Crippen LogP) is 4.54. The van der Waals surface area contributed by atoms with Crippen molar-refractivity contribution in [2.24, 2.45) is 0 Å². The molecule has 144 valence electrons. The van der Waals surface area contributed by atoms with E-state index in [-0.39, 0.29) is 27.9 Å². The highest BCUT2D eigenvalue weighted by Crippen LogP contribution is 2.33. The van der Waals surface area contributed by atoms with Gasteiger partial charge >= 0.3 is 6.18 Å². The zero-order valence-electron chi connectivity index (χ0n) is 14.4. The Kier molecular flexibility index (Phi) is 6.79. The van der Waals surface area contributed by atoms with Gasteiger partial charge in [0.2, 0.25) is 0 Å². The van der Waals surface area contributed by atoms with Crippen molar-refractivity contribution in [3.8, 4) is 0 Å². The Bertz CT molecular complexity index is 841. The standard InChI is InChI=1S/C18H17ClF3N3O2/c1-2-3-7-24-16(26)11-6-8-23-15(9-11)17(27)25-14-10-12(18(20,21)22)4-5-13(14)19/h4-6,8-10H,2-3,7H2,1H3,(H,24,26)(H,25,27). The van der Waals surface area contributed by atoms with Crippen LogP contribution in [0.4, 0.5) is 18.9 Å². The molecule has 0 aliphatic rings. The summed E-state index contributed by atoms with van der Waals surface area (Å²) in [5.74, 6) is -1.14. The maximum Gasteiger partial charge on any atom is 0.416 e. The van der Waals surface area contributed by atoms with E-state index < -0.39 is 17.6 Å². The fourth-order valence-electron chi connectivity index (χ4n) is 2.16. The highest BCUT2D eigenvalue weighted by atomic mass is 35.5. The van der Waals surface area contributed by atoms with Crippen LogP contribution in [0, 0.1) is 0 Å². The Morgan fingerprint density at radius 1 is 1.15 bits per heavy atom. The van der Waals surface area contributed by atoms with Gasteiger partial charge in [0.05, 0.1) is 16.3 Å². The average Bonchev–Trinajstić information content (AvgIpc) is 2.62. The number of aromatic nitrogens is 1. The number of benzene rings is 1. The van der Waals surface area contributed by atoms with E-state index in [1.807, 2.05) is 6.92 Å². The summed E-state index contributed by atoms with van der Waals surface area (Å²) in [6.07, 6.45) is -1.56. The number of halogens is 4. The van der Waals surface area contributed by atoms with E-state index in [0.29, 0.717) is 6.54 Å². The van der Waals surface area contributed by atoms with Gasteiger partial charge in [-0.15, -0.1) is 0 Å². The molecule has 2 aromatic rings. The first-order valence-electron chi connectivity index (χ1n) is 8.14. The minimum absolute atomic E-state index is 0.0511. The number of hydrogen-bond acceptors (Lipinski definition) is 3. The number of anilines is 1. The zero-order chi connectivity index (χ0) is 20.0. The number of nitrogens with one attached hydrogen (secondary N) is 2. The van der Waals surface area contributed by atoms with E-state index >= 15 is 0 Å². The number of carbonyl (C=O) groups is 2. The van der Waals surface area contributed by atoms with Gasteiger partial charge in [0.15, 0.2) is 0 Å². The fraction of sp³-hybridized carbons (Fsp3) is 0.278. The van der Waals surface area contributed by atoms with E-state index in [1.165, 1.54) is 18.3 Å². The Labute approximate surface area is 158 Å². The second-order valence-corrected chi connectivity index (χ2v) is 6.09. The molecule has 0 spiro atoms. The van der Waals surface area contributed by atoms with Crippen molar-refractivity contribution in [1.82, 2.24) is 10.3 Å². The van der Waals surface area contributed by atoms with Gasteiger partial charge in [-0.25, -0.2) is 0 Å². The van der Waals surface area contributed by atoms with Gasteiger partial charge < -0.3 is 10.6 Å². The lowest BCUT2D eigenvalue weighted by atomic mass is 10.1. The number of pyridine rings is 1. The van der Waals surface area contributed by atoms with E-state index in [9.17, 15) is 22.8 Å².